The molecule has 0 unspecified atom stereocenters. The number of aryl methyl sites for hydroxylation is 1. The van der Waals surface area contributed by atoms with E-state index in [1.54, 1.807) is 17.7 Å². The Bertz CT molecular complexity index is 1010. The maximum atomic E-state index is 5.56. The number of ether oxygens (including phenoxy) is 1. The van der Waals surface area contributed by atoms with Crippen molar-refractivity contribution in [2.24, 2.45) is 0 Å². The molecule has 7 nitrogen and oxygen atoms in total. The Morgan fingerprint density at radius 3 is 2.86 bits per heavy atom. The maximum absolute atomic E-state index is 5.56. The second kappa shape index (κ2) is 7.42. The van der Waals surface area contributed by atoms with Gasteiger partial charge in [0.25, 0.3) is 5.82 Å². The SMILES string of the molecule is C[NH+](C)CCNc1ncnc2c1sc1[nH+]c(N3CCOCC3)c3c(c12)CCC3. The summed E-state index contributed by atoms with van der Waals surface area (Å²) in [4.78, 5) is 18.1. The van der Waals surface area contributed by atoms with Crippen LogP contribution in [0.15, 0.2) is 6.33 Å². The van der Waals surface area contributed by atoms with Gasteiger partial charge in [-0.2, -0.15) is 0 Å². The van der Waals surface area contributed by atoms with Gasteiger partial charge in [0, 0.05) is 5.56 Å². The number of nitrogens with zero attached hydrogens (tertiary/aromatic N) is 3. The number of rotatable bonds is 5. The quantitative estimate of drug-likeness (QED) is 0.654. The lowest BCUT2D eigenvalue weighted by atomic mass is 10.1. The van der Waals surface area contributed by atoms with Crippen molar-refractivity contribution in [3.63, 3.8) is 0 Å². The molecule has 0 spiro atoms. The second-order valence-corrected chi connectivity index (χ2v) is 8.99. The third-order valence-electron chi connectivity index (χ3n) is 5.75. The van der Waals surface area contributed by atoms with Crippen molar-refractivity contribution < 1.29 is 14.6 Å². The molecule has 3 aromatic heterocycles. The lowest BCUT2D eigenvalue weighted by molar-refractivity contribution is -0.856. The van der Waals surface area contributed by atoms with E-state index >= 15 is 0 Å². The summed E-state index contributed by atoms with van der Waals surface area (Å²) in [5, 5.41) is 4.84. The van der Waals surface area contributed by atoms with Gasteiger partial charge in [-0.3, -0.25) is 4.90 Å². The maximum Gasteiger partial charge on any atom is 0.279 e. The fourth-order valence-corrected chi connectivity index (χ4v) is 5.50. The number of likely N-dealkylation sites (N-methyl/N-ethyl adjacent to an activating group) is 1. The molecule has 0 saturated carbocycles. The minimum absolute atomic E-state index is 0.806. The zero-order chi connectivity index (χ0) is 19.1. The molecule has 1 fully saturated rings. The second-order valence-electron chi connectivity index (χ2n) is 7.97. The van der Waals surface area contributed by atoms with Gasteiger partial charge in [-0.15, -0.1) is 0 Å². The number of H-pyrrole nitrogens is 1. The van der Waals surface area contributed by atoms with Crippen LogP contribution in [0, 0.1) is 0 Å². The lowest BCUT2D eigenvalue weighted by Gasteiger charge is -2.23. The van der Waals surface area contributed by atoms with Gasteiger partial charge >= 0.3 is 0 Å². The highest BCUT2D eigenvalue weighted by Crippen LogP contribution is 2.41. The number of anilines is 2. The van der Waals surface area contributed by atoms with Gasteiger partial charge in [-0.1, -0.05) is 11.3 Å². The van der Waals surface area contributed by atoms with E-state index in [0.717, 1.165) is 68.3 Å². The number of quaternary nitrogens is 1. The fourth-order valence-electron chi connectivity index (χ4n) is 4.35. The minimum Gasteiger partial charge on any atom is -0.373 e. The van der Waals surface area contributed by atoms with E-state index in [0.29, 0.717) is 0 Å². The molecule has 5 rings (SSSR count). The summed E-state index contributed by atoms with van der Waals surface area (Å²) >= 11 is 1.78. The molecule has 3 N–H and O–H groups in total. The molecule has 28 heavy (non-hydrogen) atoms. The van der Waals surface area contributed by atoms with Crippen molar-refractivity contribution in [2.75, 3.05) is 63.7 Å². The first-order valence-corrected chi connectivity index (χ1v) is 11.0. The average molecular weight is 401 g/mol. The average Bonchev–Trinajstić information content (AvgIpc) is 3.32. The van der Waals surface area contributed by atoms with Crippen LogP contribution < -0.4 is 20.1 Å². The summed E-state index contributed by atoms with van der Waals surface area (Å²) < 4.78 is 6.73. The Hall–Kier alpha value is -2.03. The van der Waals surface area contributed by atoms with Gasteiger partial charge < -0.3 is 15.0 Å². The first kappa shape index (κ1) is 18.0. The largest absolute Gasteiger partial charge is 0.373 e. The standard InChI is InChI=1S/C20H26N6OS/c1-25(2)7-6-21-18-17-16(22-12-23-18)15-13-4-3-5-14(13)19(24-20(15)28-17)26-8-10-27-11-9-26/h12H,3-11H2,1-2H3,(H,21,22,23)/p+2. The summed E-state index contributed by atoms with van der Waals surface area (Å²) in [7, 11) is 4.34. The fraction of sp³-hybridized carbons (Fsp3) is 0.550. The van der Waals surface area contributed by atoms with Crippen LogP contribution in [0.2, 0.25) is 0 Å². The van der Waals surface area contributed by atoms with Gasteiger partial charge in [0.15, 0.2) is 4.83 Å². The molecule has 3 aromatic rings. The van der Waals surface area contributed by atoms with Crippen molar-refractivity contribution in [1.82, 2.24) is 9.97 Å². The number of pyridine rings is 1. The van der Waals surface area contributed by atoms with Crippen LogP contribution in [0.1, 0.15) is 17.5 Å². The number of hydrogen-bond donors (Lipinski definition) is 2. The van der Waals surface area contributed by atoms with Gasteiger partial charge in [-0.05, 0) is 24.8 Å². The number of aromatic amines is 1. The number of fused-ring (bicyclic) bond motifs is 5. The van der Waals surface area contributed by atoms with Crippen LogP contribution in [-0.4, -0.2) is 63.5 Å². The number of thiophene rings is 1. The predicted molar refractivity (Wildman–Crippen MR) is 113 cm³/mol. The van der Waals surface area contributed by atoms with Crippen LogP contribution in [0.5, 0.6) is 0 Å². The number of aromatic nitrogens is 3. The van der Waals surface area contributed by atoms with Crippen LogP contribution in [-0.2, 0) is 17.6 Å². The summed E-state index contributed by atoms with van der Waals surface area (Å²) in [5.41, 5.74) is 4.07. The number of nitrogens with one attached hydrogen (secondary N) is 3. The molecular weight excluding hydrogens is 372 g/mol. The molecule has 2 aliphatic rings. The molecular formula is C20H28N6OS+2. The molecule has 8 heteroatoms. The van der Waals surface area contributed by atoms with Gasteiger partial charge in [0.1, 0.15) is 29.9 Å². The lowest BCUT2D eigenvalue weighted by Crippen LogP contribution is -3.06. The molecule has 0 radical (unpaired) electrons. The van der Waals surface area contributed by atoms with E-state index in [1.807, 2.05) is 0 Å². The molecule has 1 aliphatic carbocycles. The third kappa shape index (κ3) is 3.09. The van der Waals surface area contributed by atoms with Crippen molar-refractivity contribution >= 4 is 43.4 Å². The van der Waals surface area contributed by atoms with Crippen molar-refractivity contribution in [3.05, 3.63) is 17.5 Å². The zero-order valence-corrected chi connectivity index (χ0v) is 17.4. The zero-order valence-electron chi connectivity index (χ0n) is 16.6. The molecule has 0 amide bonds. The van der Waals surface area contributed by atoms with E-state index in [1.165, 1.54) is 38.5 Å². The van der Waals surface area contributed by atoms with E-state index in [9.17, 15) is 0 Å². The molecule has 0 atom stereocenters. The Morgan fingerprint density at radius 2 is 2.04 bits per heavy atom. The van der Waals surface area contributed by atoms with Crippen LogP contribution >= 0.6 is 11.3 Å². The first-order chi connectivity index (χ1) is 13.7. The first-order valence-electron chi connectivity index (χ1n) is 10.2. The van der Waals surface area contributed by atoms with Gasteiger partial charge in [-0.25, -0.2) is 15.0 Å². The normalized spacial score (nSPS) is 17.0. The summed E-state index contributed by atoms with van der Waals surface area (Å²) in [6, 6.07) is 0. The minimum atomic E-state index is 0.806. The Morgan fingerprint density at radius 1 is 1.21 bits per heavy atom. The molecule has 1 aliphatic heterocycles. The van der Waals surface area contributed by atoms with Crippen LogP contribution in [0.25, 0.3) is 20.4 Å². The van der Waals surface area contributed by atoms with E-state index in [-0.39, 0.29) is 0 Å². The van der Waals surface area contributed by atoms with Gasteiger partial charge in [0.2, 0.25) is 0 Å². The predicted octanol–water partition coefficient (Wildman–Crippen LogP) is 0.540. The number of hydrogen-bond acceptors (Lipinski definition) is 6. The molecule has 148 valence electrons. The smallest absolute Gasteiger partial charge is 0.279 e. The summed E-state index contributed by atoms with van der Waals surface area (Å²) in [5.74, 6) is 2.26. The Kier molecular flexibility index (Phi) is 4.78. The van der Waals surface area contributed by atoms with Crippen molar-refractivity contribution in [1.29, 1.82) is 0 Å². The monoisotopic (exact) mass is 400 g/mol. The van der Waals surface area contributed by atoms with E-state index < -0.39 is 0 Å². The van der Waals surface area contributed by atoms with Crippen LogP contribution in [0.3, 0.4) is 0 Å². The summed E-state index contributed by atoms with van der Waals surface area (Å²) in [6.07, 6.45) is 5.21. The molecule has 0 aromatic carbocycles. The highest BCUT2D eigenvalue weighted by atomic mass is 32.1. The topological polar surface area (TPSA) is 68.9 Å². The highest BCUT2D eigenvalue weighted by molar-refractivity contribution is 7.25. The molecule has 0 bridgehead atoms. The van der Waals surface area contributed by atoms with Crippen molar-refractivity contribution in [2.45, 2.75) is 19.3 Å². The highest BCUT2D eigenvalue weighted by Gasteiger charge is 2.31. The number of morpholine rings is 1. The third-order valence-corrected chi connectivity index (χ3v) is 6.86. The Labute approximate surface area is 168 Å². The summed E-state index contributed by atoms with van der Waals surface area (Å²) in [6.45, 7) is 5.49. The molecule has 4 heterocycles. The van der Waals surface area contributed by atoms with E-state index in [4.69, 9.17) is 9.72 Å². The van der Waals surface area contributed by atoms with E-state index in [2.05, 4.69) is 34.3 Å². The van der Waals surface area contributed by atoms with Crippen molar-refractivity contribution in [3.8, 4) is 0 Å². The van der Waals surface area contributed by atoms with Crippen LogP contribution in [0.4, 0.5) is 11.6 Å². The molecule has 1 saturated heterocycles. The Balaban J connectivity index is 1.62. The van der Waals surface area contributed by atoms with Gasteiger partial charge in [0.05, 0.1) is 51.3 Å².